The number of furan rings is 2. The summed E-state index contributed by atoms with van der Waals surface area (Å²) >= 11 is 0. The first-order valence-electron chi connectivity index (χ1n) is 12.7. The maximum Gasteiger partial charge on any atom is 0.252 e. The van der Waals surface area contributed by atoms with Crippen LogP contribution in [0.4, 0.5) is 0 Å². The summed E-state index contributed by atoms with van der Waals surface area (Å²) in [6, 6.07) is 15.9. The summed E-state index contributed by atoms with van der Waals surface area (Å²) in [6.07, 6.45) is -4.71. The van der Waals surface area contributed by atoms with Crippen LogP contribution in [0.3, 0.4) is 0 Å². The van der Waals surface area contributed by atoms with Gasteiger partial charge in [-0.25, -0.2) is 5.06 Å². The smallest absolute Gasteiger partial charge is 0.252 e. The first-order chi connectivity index (χ1) is 19.2. The van der Waals surface area contributed by atoms with Gasteiger partial charge in [0.15, 0.2) is 35.1 Å². The summed E-state index contributed by atoms with van der Waals surface area (Å²) in [5.41, 5.74) is -2.36. The fourth-order valence-corrected chi connectivity index (χ4v) is 6.98. The number of aliphatic hydroxyl groups excluding tert-OH is 3. The molecule has 11 nitrogen and oxygen atoms in total. The van der Waals surface area contributed by atoms with E-state index in [0.717, 1.165) is 5.06 Å². The van der Waals surface area contributed by atoms with E-state index in [1.54, 1.807) is 48.5 Å². The molecule has 4 aromatic rings. The van der Waals surface area contributed by atoms with Gasteiger partial charge in [0.1, 0.15) is 17.4 Å². The molecule has 7 rings (SSSR count). The van der Waals surface area contributed by atoms with Crippen LogP contribution in [-0.4, -0.2) is 58.8 Å². The highest BCUT2D eigenvalue weighted by Crippen LogP contribution is 2.72. The number of nitrogens with zero attached hydrogens (tertiary/aromatic N) is 1. The van der Waals surface area contributed by atoms with E-state index in [-0.39, 0.29) is 33.6 Å². The van der Waals surface area contributed by atoms with Gasteiger partial charge in [-0.2, -0.15) is 0 Å². The average Bonchev–Trinajstić information content (AvgIpc) is 3.72. The minimum absolute atomic E-state index is 0.0287. The van der Waals surface area contributed by atoms with Crippen LogP contribution < -0.4 is 9.47 Å². The molecule has 2 aliphatic heterocycles. The van der Waals surface area contributed by atoms with E-state index in [1.807, 2.05) is 6.07 Å². The number of amides is 1. The molecule has 40 heavy (non-hydrogen) atoms. The number of ether oxygens (including phenoxy) is 3. The molecule has 4 N–H and O–H groups in total. The third kappa shape index (κ3) is 2.81. The molecule has 1 saturated carbocycles. The normalized spacial score (nSPS) is 32.1. The second-order valence-corrected chi connectivity index (χ2v) is 10.3. The van der Waals surface area contributed by atoms with Gasteiger partial charge in [-0.05, 0) is 23.3 Å². The van der Waals surface area contributed by atoms with Crippen molar-refractivity contribution in [2.75, 3.05) is 21.3 Å². The summed E-state index contributed by atoms with van der Waals surface area (Å²) in [7, 11) is 4.29. The van der Waals surface area contributed by atoms with Gasteiger partial charge in [0.25, 0.3) is 5.91 Å². The van der Waals surface area contributed by atoms with Gasteiger partial charge in [-0.15, -0.1) is 0 Å². The van der Waals surface area contributed by atoms with Gasteiger partial charge in [-0.1, -0.05) is 42.5 Å². The Hall–Kier alpha value is -3.71. The Balaban J connectivity index is 1.56. The topological polar surface area (TPSA) is 151 Å². The fraction of sp³-hybridized carbons (Fsp3) is 0.345. The third-order valence-electron chi connectivity index (χ3n) is 8.72. The van der Waals surface area contributed by atoms with E-state index < -0.39 is 47.6 Å². The fourth-order valence-electron chi connectivity index (χ4n) is 6.98. The standard InChI is InChI=1S/C29H27NO10/c1-30(37-3)25(32)18-19(13-7-5-4-6-8-13)29(14-9-11-15(36-2)12-10-14)28(35,24(18)31)20-21-16-17(27(34)39-26(16)33)22(38-21)23(20)40-29/h4-12,18-19,24,26-27,31,33-35H,1-3H3/t18-,19-,24-,26?,27?,28+,29+/m1/s1. The highest BCUT2D eigenvalue weighted by Gasteiger charge is 2.79. The molecule has 1 amide bonds. The van der Waals surface area contributed by atoms with E-state index in [9.17, 15) is 25.2 Å². The Kier molecular flexibility index (Phi) is 5.31. The van der Waals surface area contributed by atoms with E-state index in [4.69, 9.17) is 23.5 Å². The van der Waals surface area contributed by atoms with Gasteiger partial charge in [0, 0.05) is 13.0 Å². The second kappa shape index (κ2) is 8.40. The predicted octanol–water partition coefficient (Wildman–Crippen LogP) is 2.16. The maximum atomic E-state index is 13.8. The lowest BCUT2D eigenvalue weighted by molar-refractivity contribution is -0.194. The lowest BCUT2D eigenvalue weighted by Crippen LogP contribution is -2.52. The van der Waals surface area contributed by atoms with Crippen LogP contribution in [-0.2, 0) is 25.6 Å². The first-order valence-corrected chi connectivity index (χ1v) is 12.7. The van der Waals surface area contributed by atoms with Crippen molar-refractivity contribution >= 4 is 17.1 Å². The number of hydrogen-bond acceptors (Lipinski definition) is 10. The molecule has 7 atom stereocenters. The van der Waals surface area contributed by atoms with Gasteiger partial charge < -0.3 is 39.1 Å². The van der Waals surface area contributed by atoms with Crippen molar-refractivity contribution < 1.29 is 48.7 Å². The zero-order valence-corrected chi connectivity index (χ0v) is 21.8. The lowest BCUT2D eigenvalue weighted by Gasteiger charge is -2.41. The van der Waals surface area contributed by atoms with Crippen LogP contribution in [0, 0.1) is 5.92 Å². The van der Waals surface area contributed by atoms with Gasteiger partial charge in [0.2, 0.25) is 0 Å². The van der Waals surface area contributed by atoms with Crippen molar-refractivity contribution in [1.82, 2.24) is 5.06 Å². The average molecular weight is 550 g/mol. The number of methoxy groups -OCH3 is 1. The van der Waals surface area contributed by atoms with Crippen LogP contribution in [0.5, 0.6) is 11.5 Å². The molecule has 1 fully saturated rings. The molecule has 2 aromatic heterocycles. The number of hydroxylamine groups is 2. The SMILES string of the molecule is COc1ccc([C@@]23Oc4c(c5oc4c4c5C(O)OC4O)[C@]2(O)[C@H](O)[C@H](C(=O)N(C)OC)[C@H]3c2ccccc2)cc1. The van der Waals surface area contributed by atoms with Crippen molar-refractivity contribution in [1.29, 1.82) is 0 Å². The quantitative estimate of drug-likeness (QED) is 0.273. The minimum Gasteiger partial charge on any atom is -0.497 e. The molecular weight excluding hydrogens is 522 g/mol. The second-order valence-electron chi connectivity index (χ2n) is 10.3. The summed E-state index contributed by atoms with van der Waals surface area (Å²) < 4.78 is 23.2. The molecule has 2 unspecified atom stereocenters. The van der Waals surface area contributed by atoms with Crippen LogP contribution in [0.1, 0.15) is 46.3 Å². The zero-order valence-electron chi connectivity index (χ0n) is 21.8. The van der Waals surface area contributed by atoms with Crippen molar-refractivity contribution in [3.8, 4) is 11.5 Å². The molecule has 3 aliphatic rings. The van der Waals surface area contributed by atoms with Crippen LogP contribution in [0.25, 0.3) is 11.2 Å². The lowest BCUT2D eigenvalue weighted by atomic mass is 9.70. The molecule has 208 valence electrons. The largest absolute Gasteiger partial charge is 0.497 e. The Morgan fingerprint density at radius 1 is 0.950 bits per heavy atom. The monoisotopic (exact) mass is 549 g/mol. The van der Waals surface area contributed by atoms with Crippen molar-refractivity contribution in [3.05, 3.63) is 82.4 Å². The first kappa shape index (κ1) is 25.3. The van der Waals surface area contributed by atoms with Crippen LogP contribution in [0.2, 0.25) is 0 Å². The van der Waals surface area contributed by atoms with E-state index in [2.05, 4.69) is 0 Å². The Morgan fingerprint density at radius 3 is 2.23 bits per heavy atom. The zero-order chi connectivity index (χ0) is 28.1. The highest BCUT2D eigenvalue weighted by atomic mass is 16.7. The molecule has 0 spiro atoms. The highest BCUT2D eigenvalue weighted by molar-refractivity contribution is 5.90. The Bertz CT molecular complexity index is 1600. The number of carbonyl (C=O) groups excluding carboxylic acids is 1. The number of fused-ring (bicyclic) bond motifs is 10. The molecule has 0 saturated heterocycles. The Labute approximate surface area is 228 Å². The van der Waals surface area contributed by atoms with E-state index in [1.165, 1.54) is 21.3 Å². The number of hydrogen-bond donors (Lipinski definition) is 4. The number of aliphatic hydroxyl groups is 4. The van der Waals surface area contributed by atoms with E-state index in [0.29, 0.717) is 16.9 Å². The summed E-state index contributed by atoms with van der Waals surface area (Å²) in [4.78, 5) is 19.0. The Morgan fingerprint density at radius 2 is 1.60 bits per heavy atom. The van der Waals surface area contributed by atoms with Crippen molar-refractivity contribution in [2.45, 2.75) is 35.8 Å². The molecule has 2 aromatic carbocycles. The predicted molar refractivity (Wildman–Crippen MR) is 136 cm³/mol. The number of carbonyl (C=O) groups is 1. The van der Waals surface area contributed by atoms with Crippen LogP contribution >= 0.6 is 0 Å². The van der Waals surface area contributed by atoms with Gasteiger partial charge >= 0.3 is 0 Å². The number of rotatable bonds is 5. The summed E-state index contributed by atoms with van der Waals surface area (Å²) in [6.45, 7) is 0. The molecule has 4 heterocycles. The molecule has 11 heteroatoms. The molecular formula is C29H27NO10. The van der Waals surface area contributed by atoms with Crippen molar-refractivity contribution in [3.63, 3.8) is 0 Å². The van der Waals surface area contributed by atoms with E-state index >= 15 is 0 Å². The van der Waals surface area contributed by atoms with Gasteiger partial charge in [0.05, 0.1) is 36.8 Å². The van der Waals surface area contributed by atoms with Gasteiger partial charge in [-0.3, -0.25) is 9.63 Å². The molecule has 2 bridgehead atoms. The van der Waals surface area contributed by atoms with Crippen molar-refractivity contribution in [2.24, 2.45) is 5.92 Å². The molecule has 0 radical (unpaired) electrons. The summed E-state index contributed by atoms with van der Waals surface area (Å²) in [5, 5.41) is 47.1. The number of benzene rings is 3. The maximum absolute atomic E-state index is 13.8. The van der Waals surface area contributed by atoms with Crippen LogP contribution in [0.15, 0.2) is 59.0 Å². The third-order valence-corrected chi connectivity index (χ3v) is 8.72. The minimum atomic E-state index is -2.25. The summed E-state index contributed by atoms with van der Waals surface area (Å²) in [5.74, 6) is -2.08. The molecule has 1 aliphatic carbocycles.